The van der Waals surface area contributed by atoms with Crippen LogP contribution in [0.4, 0.5) is 0 Å². The van der Waals surface area contributed by atoms with Crippen molar-refractivity contribution in [2.75, 3.05) is 13.2 Å². The Morgan fingerprint density at radius 2 is 0.554 bits per heavy atom. The number of allylic oxidation sites excluding steroid dienone is 6. The first-order chi connectivity index (χ1) is 32.0. The van der Waals surface area contributed by atoms with E-state index in [1.165, 1.54) is 193 Å². The summed E-state index contributed by atoms with van der Waals surface area (Å²) in [5.41, 5.74) is 0. The van der Waals surface area contributed by atoms with Crippen LogP contribution in [0, 0.1) is 0 Å². The Balaban J connectivity index is 4.12. The molecule has 0 fully saturated rings. The van der Waals surface area contributed by atoms with E-state index in [-0.39, 0.29) is 31.1 Å². The van der Waals surface area contributed by atoms with Gasteiger partial charge in [-0.1, -0.05) is 243 Å². The first-order valence-corrected chi connectivity index (χ1v) is 28.5. The Labute approximate surface area is 404 Å². The molecule has 0 radical (unpaired) electrons. The van der Waals surface area contributed by atoms with Crippen molar-refractivity contribution >= 4 is 17.9 Å². The lowest BCUT2D eigenvalue weighted by atomic mass is 10.0. The molecule has 1 unspecified atom stereocenters. The van der Waals surface area contributed by atoms with E-state index in [0.717, 1.165) is 70.6 Å². The third-order valence-electron chi connectivity index (χ3n) is 12.6. The van der Waals surface area contributed by atoms with Crippen molar-refractivity contribution in [3.63, 3.8) is 0 Å². The van der Waals surface area contributed by atoms with Gasteiger partial charge in [0.25, 0.3) is 0 Å². The number of hydrogen-bond acceptors (Lipinski definition) is 6. The maximum absolute atomic E-state index is 12.8. The zero-order chi connectivity index (χ0) is 47.2. The summed E-state index contributed by atoms with van der Waals surface area (Å²) >= 11 is 0. The average Bonchev–Trinajstić information content (AvgIpc) is 3.30. The van der Waals surface area contributed by atoms with Crippen molar-refractivity contribution in [1.82, 2.24) is 0 Å². The van der Waals surface area contributed by atoms with Gasteiger partial charge in [0.2, 0.25) is 0 Å². The molecule has 6 heteroatoms. The molecule has 0 heterocycles. The Morgan fingerprint density at radius 3 is 0.862 bits per heavy atom. The zero-order valence-corrected chi connectivity index (χ0v) is 43.5. The van der Waals surface area contributed by atoms with E-state index in [0.29, 0.717) is 19.3 Å². The highest BCUT2D eigenvalue weighted by Gasteiger charge is 2.19. The smallest absolute Gasteiger partial charge is 0.306 e. The lowest BCUT2D eigenvalue weighted by Crippen LogP contribution is -2.30. The molecule has 0 amide bonds. The molecular formula is C59H108O6. The van der Waals surface area contributed by atoms with Crippen molar-refractivity contribution in [1.29, 1.82) is 0 Å². The Kier molecular flexibility index (Phi) is 52.3. The summed E-state index contributed by atoms with van der Waals surface area (Å²) in [6.45, 7) is 6.60. The van der Waals surface area contributed by atoms with Gasteiger partial charge in [0.1, 0.15) is 13.2 Å². The van der Waals surface area contributed by atoms with Crippen LogP contribution in [0.25, 0.3) is 0 Å². The van der Waals surface area contributed by atoms with E-state index in [4.69, 9.17) is 14.2 Å². The maximum atomic E-state index is 12.8. The van der Waals surface area contributed by atoms with Gasteiger partial charge in [0.15, 0.2) is 6.10 Å². The van der Waals surface area contributed by atoms with E-state index in [2.05, 4.69) is 57.2 Å². The van der Waals surface area contributed by atoms with E-state index in [1.807, 2.05) is 0 Å². The van der Waals surface area contributed by atoms with Gasteiger partial charge in [-0.3, -0.25) is 14.4 Å². The van der Waals surface area contributed by atoms with Crippen LogP contribution >= 0.6 is 0 Å². The molecule has 0 aromatic rings. The number of rotatable bonds is 52. The van der Waals surface area contributed by atoms with Crippen LogP contribution in [-0.2, 0) is 28.6 Å². The van der Waals surface area contributed by atoms with E-state index >= 15 is 0 Å². The summed E-state index contributed by atoms with van der Waals surface area (Å²) < 4.78 is 16.8. The first-order valence-electron chi connectivity index (χ1n) is 28.5. The molecule has 1 atom stereocenters. The van der Waals surface area contributed by atoms with Crippen LogP contribution in [0.1, 0.15) is 303 Å². The number of ether oxygens (including phenoxy) is 3. The summed E-state index contributed by atoms with van der Waals surface area (Å²) in [7, 11) is 0. The molecule has 0 saturated heterocycles. The quantitative estimate of drug-likeness (QED) is 0.0262. The summed E-state index contributed by atoms with van der Waals surface area (Å²) in [4.78, 5) is 37.9. The van der Waals surface area contributed by atoms with Crippen LogP contribution in [0.5, 0.6) is 0 Å². The second-order valence-electron chi connectivity index (χ2n) is 19.2. The molecule has 380 valence electrons. The van der Waals surface area contributed by atoms with E-state index in [9.17, 15) is 14.4 Å². The highest BCUT2D eigenvalue weighted by Crippen LogP contribution is 2.16. The Morgan fingerprint density at radius 1 is 0.308 bits per heavy atom. The first kappa shape index (κ1) is 62.6. The predicted molar refractivity (Wildman–Crippen MR) is 279 cm³/mol. The van der Waals surface area contributed by atoms with Gasteiger partial charge >= 0.3 is 17.9 Å². The van der Waals surface area contributed by atoms with E-state index < -0.39 is 6.10 Å². The summed E-state index contributed by atoms with van der Waals surface area (Å²) in [5.74, 6) is -0.876. The Hall–Kier alpha value is -2.37. The van der Waals surface area contributed by atoms with Crippen LogP contribution < -0.4 is 0 Å². The largest absolute Gasteiger partial charge is 0.462 e. The lowest BCUT2D eigenvalue weighted by molar-refractivity contribution is -0.167. The molecule has 6 nitrogen and oxygen atoms in total. The van der Waals surface area contributed by atoms with Crippen LogP contribution in [0.3, 0.4) is 0 Å². The molecule has 0 aliphatic heterocycles. The summed E-state index contributed by atoms with van der Waals surface area (Å²) in [6, 6.07) is 0. The van der Waals surface area contributed by atoms with Gasteiger partial charge in [-0.05, 0) is 77.0 Å². The number of esters is 3. The lowest BCUT2D eigenvalue weighted by Gasteiger charge is -2.18. The second kappa shape index (κ2) is 54.2. The van der Waals surface area contributed by atoms with Crippen LogP contribution in [-0.4, -0.2) is 37.2 Å². The zero-order valence-electron chi connectivity index (χ0n) is 43.5. The van der Waals surface area contributed by atoms with Gasteiger partial charge < -0.3 is 14.2 Å². The van der Waals surface area contributed by atoms with Gasteiger partial charge in [-0.2, -0.15) is 0 Å². The molecule has 0 rings (SSSR count). The fraction of sp³-hybridized carbons (Fsp3) is 0.847. The van der Waals surface area contributed by atoms with Gasteiger partial charge in [-0.25, -0.2) is 0 Å². The fourth-order valence-corrected chi connectivity index (χ4v) is 8.29. The highest BCUT2D eigenvalue weighted by molar-refractivity contribution is 5.71. The molecule has 0 aliphatic carbocycles. The number of carbonyl (C=O) groups is 3. The SMILES string of the molecule is CCCCCCC/C=C\C/C=C\CCCCCCCCCCCCCCCC(=O)OCC(COC(=O)CCCCCCCCC)OC(=O)CCCCCCC/C=C\CCCCCCCC. The molecule has 0 saturated carbocycles. The molecule has 0 bridgehead atoms. The molecule has 65 heavy (non-hydrogen) atoms. The van der Waals surface area contributed by atoms with Crippen molar-refractivity contribution in [3.05, 3.63) is 36.5 Å². The maximum Gasteiger partial charge on any atom is 0.306 e. The standard InChI is InChI=1S/C59H108O6/c1-4-7-10-13-16-18-20-22-24-25-26-27-28-29-30-31-32-33-35-36-38-40-43-46-49-52-58(61)64-55-56(54-63-57(60)51-48-45-42-15-12-9-6-3)65-59(62)53-50-47-44-41-39-37-34-23-21-19-17-14-11-8-5-2/h20,22-23,25-26,34,56H,4-19,21,24,27-33,35-55H2,1-3H3/b22-20-,26-25-,34-23-. The molecule has 0 aromatic carbocycles. The fourth-order valence-electron chi connectivity index (χ4n) is 8.29. The molecule has 0 spiro atoms. The minimum atomic E-state index is -0.771. The molecule has 0 aromatic heterocycles. The monoisotopic (exact) mass is 913 g/mol. The van der Waals surface area contributed by atoms with Crippen molar-refractivity contribution in [3.8, 4) is 0 Å². The topological polar surface area (TPSA) is 78.9 Å². The molecule has 0 N–H and O–H groups in total. The highest BCUT2D eigenvalue weighted by atomic mass is 16.6. The number of unbranched alkanes of at least 4 members (excludes halogenated alkanes) is 35. The third kappa shape index (κ3) is 52.5. The number of carbonyl (C=O) groups excluding carboxylic acids is 3. The summed E-state index contributed by atoms with van der Waals surface area (Å²) in [6.07, 6.45) is 64.5. The number of hydrogen-bond donors (Lipinski definition) is 0. The molecular weight excluding hydrogens is 805 g/mol. The van der Waals surface area contributed by atoms with Crippen molar-refractivity contribution in [2.45, 2.75) is 309 Å². The third-order valence-corrected chi connectivity index (χ3v) is 12.6. The van der Waals surface area contributed by atoms with Crippen molar-refractivity contribution in [2.24, 2.45) is 0 Å². The van der Waals surface area contributed by atoms with Gasteiger partial charge in [0, 0.05) is 19.3 Å². The average molecular weight is 914 g/mol. The summed E-state index contributed by atoms with van der Waals surface area (Å²) in [5, 5.41) is 0. The minimum absolute atomic E-state index is 0.0730. The minimum Gasteiger partial charge on any atom is -0.462 e. The van der Waals surface area contributed by atoms with Gasteiger partial charge in [0.05, 0.1) is 0 Å². The van der Waals surface area contributed by atoms with E-state index in [1.54, 1.807) is 0 Å². The Bertz CT molecular complexity index is 1090. The second-order valence-corrected chi connectivity index (χ2v) is 19.2. The van der Waals surface area contributed by atoms with Crippen LogP contribution in [0.15, 0.2) is 36.5 Å². The molecule has 0 aliphatic rings. The van der Waals surface area contributed by atoms with Crippen molar-refractivity contribution < 1.29 is 28.6 Å². The predicted octanol–water partition coefficient (Wildman–Crippen LogP) is 18.9. The normalized spacial score (nSPS) is 12.2. The van der Waals surface area contributed by atoms with Gasteiger partial charge in [-0.15, -0.1) is 0 Å². The van der Waals surface area contributed by atoms with Crippen LogP contribution in [0.2, 0.25) is 0 Å².